The molecular formula is C22H13BrClN3O5. The zero-order valence-corrected chi connectivity index (χ0v) is 18.5. The SMILES string of the molecule is N#C/C(=C/c1cc(Cl)c(OCc2ccc([N+](=O)[O-])cc2)c(Br)c1)c1ccc([N+](=O)[O-])cc1. The van der Waals surface area contributed by atoms with Gasteiger partial charge in [-0.15, -0.1) is 0 Å². The Balaban J connectivity index is 1.80. The Labute approximate surface area is 195 Å². The number of benzene rings is 3. The first-order valence-electron chi connectivity index (χ1n) is 9.00. The van der Waals surface area contributed by atoms with E-state index in [4.69, 9.17) is 16.3 Å². The average Bonchev–Trinajstić information content (AvgIpc) is 2.77. The summed E-state index contributed by atoms with van der Waals surface area (Å²) in [6, 6.07) is 17.1. The summed E-state index contributed by atoms with van der Waals surface area (Å²) < 4.78 is 6.32. The highest BCUT2D eigenvalue weighted by Crippen LogP contribution is 2.36. The fraction of sp³-hybridized carbons (Fsp3) is 0.0455. The standard InChI is InChI=1S/C22H13BrClN3O5/c23-20-10-15(9-17(12-25)16-3-7-19(8-4-16)27(30)31)11-21(24)22(20)32-13-14-1-5-18(6-2-14)26(28)29/h1-11H,13H2/b17-9-. The molecule has 0 aliphatic carbocycles. The number of allylic oxidation sites excluding steroid dienone is 1. The van der Waals surface area contributed by atoms with Crippen molar-refractivity contribution >= 4 is 50.6 Å². The van der Waals surface area contributed by atoms with E-state index in [1.54, 1.807) is 30.3 Å². The Hall–Kier alpha value is -3.74. The minimum absolute atomic E-state index is 0.00887. The summed E-state index contributed by atoms with van der Waals surface area (Å²) in [6.45, 7) is 0.151. The maximum atomic E-state index is 10.8. The van der Waals surface area contributed by atoms with Gasteiger partial charge in [0.2, 0.25) is 0 Å². The smallest absolute Gasteiger partial charge is 0.269 e. The van der Waals surface area contributed by atoms with Crippen molar-refractivity contribution in [2.24, 2.45) is 0 Å². The third kappa shape index (κ3) is 5.49. The lowest BCUT2D eigenvalue weighted by atomic mass is 10.0. The first kappa shape index (κ1) is 22.9. The van der Waals surface area contributed by atoms with Crippen molar-refractivity contribution in [3.05, 3.63) is 107 Å². The maximum absolute atomic E-state index is 10.8. The molecule has 0 heterocycles. The molecule has 8 nitrogen and oxygen atoms in total. The fourth-order valence-electron chi connectivity index (χ4n) is 2.78. The molecule has 10 heteroatoms. The minimum Gasteiger partial charge on any atom is -0.486 e. The van der Waals surface area contributed by atoms with Crippen LogP contribution in [-0.4, -0.2) is 9.85 Å². The topological polar surface area (TPSA) is 119 Å². The van der Waals surface area contributed by atoms with Crippen LogP contribution in [0.1, 0.15) is 16.7 Å². The lowest BCUT2D eigenvalue weighted by molar-refractivity contribution is -0.385. The number of rotatable bonds is 7. The Morgan fingerprint density at radius 1 is 1.03 bits per heavy atom. The number of non-ortho nitro benzene ring substituents is 2. The zero-order valence-electron chi connectivity index (χ0n) is 16.2. The molecule has 0 aromatic heterocycles. The van der Waals surface area contributed by atoms with E-state index in [2.05, 4.69) is 22.0 Å². The monoisotopic (exact) mass is 513 g/mol. The van der Waals surface area contributed by atoms with Crippen molar-refractivity contribution in [1.82, 2.24) is 0 Å². The van der Waals surface area contributed by atoms with Crippen LogP contribution in [0.2, 0.25) is 5.02 Å². The van der Waals surface area contributed by atoms with Gasteiger partial charge >= 0.3 is 0 Å². The molecule has 0 spiro atoms. The van der Waals surface area contributed by atoms with Crippen LogP contribution in [0.25, 0.3) is 11.6 Å². The Bertz CT molecular complexity index is 1230. The molecule has 0 N–H and O–H groups in total. The summed E-state index contributed by atoms with van der Waals surface area (Å²) in [4.78, 5) is 20.6. The number of halogens is 2. The highest BCUT2D eigenvalue weighted by molar-refractivity contribution is 9.10. The predicted octanol–water partition coefficient (Wildman–Crippen LogP) is 6.56. The lowest BCUT2D eigenvalue weighted by Gasteiger charge is -2.11. The van der Waals surface area contributed by atoms with Crippen molar-refractivity contribution in [2.45, 2.75) is 6.61 Å². The number of nitrogens with zero attached hydrogens (tertiary/aromatic N) is 3. The molecular weight excluding hydrogens is 502 g/mol. The van der Waals surface area contributed by atoms with Crippen molar-refractivity contribution in [3.63, 3.8) is 0 Å². The molecule has 160 valence electrons. The number of nitro groups is 2. The van der Waals surface area contributed by atoms with E-state index in [1.807, 2.05) is 0 Å². The van der Waals surface area contributed by atoms with Crippen LogP contribution in [0.5, 0.6) is 5.75 Å². The molecule has 0 atom stereocenters. The Kier molecular flexibility index (Phi) is 7.20. The van der Waals surface area contributed by atoms with Crippen LogP contribution in [0.4, 0.5) is 11.4 Å². The average molecular weight is 515 g/mol. The molecule has 3 rings (SSSR count). The number of hydrogen-bond donors (Lipinski definition) is 0. The van der Waals surface area contributed by atoms with E-state index in [-0.39, 0.29) is 18.0 Å². The third-order valence-electron chi connectivity index (χ3n) is 4.37. The molecule has 0 unspecified atom stereocenters. The summed E-state index contributed by atoms with van der Waals surface area (Å²) in [5.74, 6) is 0.385. The quantitative estimate of drug-likeness (QED) is 0.152. The van der Waals surface area contributed by atoms with Gasteiger partial charge in [0.05, 0.1) is 31.0 Å². The van der Waals surface area contributed by atoms with E-state index >= 15 is 0 Å². The molecule has 0 saturated carbocycles. The molecule has 0 fully saturated rings. The van der Waals surface area contributed by atoms with Gasteiger partial charge in [-0.25, -0.2) is 0 Å². The highest BCUT2D eigenvalue weighted by Gasteiger charge is 2.12. The van der Waals surface area contributed by atoms with Gasteiger partial charge in [0.25, 0.3) is 11.4 Å². The summed E-state index contributed by atoms with van der Waals surface area (Å²) in [5, 5.41) is 31.4. The van der Waals surface area contributed by atoms with Crippen molar-refractivity contribution < 1.29 is 14.6 Å². The van der Waals surface area contributed by atoms with Gasteiger partial charge in [-0.05, 0) is 75.1 Å². The van der Waals surface area contributed by atoms with Crippen LogP contribution in [0.3, 0.4) is 0 Å². The second kappa shape index (κ2) is 10.0. The van der Waals surface area contributed by atoms with Crippen LogP contribution >= 0.6 is 27.5 Å². The molecule has 0 amide bonds. The maximum Gasteiger partial charge on any atom is 0.269 e. The minimum atomic E-state index is -0.508. The van der Waals surface area contributed by atoms with E-state index in [0.29, 0.717) is 31.9 Å². The summed E-state index contributed by atoms with van der Waals surface area (Å²) in [6.07, 6.45) is 1.61. The van der Waals surface area contributed by atoms with Crippen molar-refractivity contribution in [1.29, 1.82) is 5.26 Å². The van der Waals surface area contributed by atoms with Crippen LogP contribution in [0.15, 0.2) is 65.1 Å². The van der Waals surface area contributed by atoms with Crippen LogP contribution in [-0.2, 0) is 6.61 Å². The second-order valence-electron chi connectivity index (χ2n) is 6.50. The second-order valence-corrected chi connectivity index (χ2v) is 7.76. The molecule has 0 aliphatic heterocycles. The molecule has 32 heavy (non-hydrogen) atoms. The van der Waals surface area contributed by atoms with Gasteiger partial charge in [-0.1, -0.05) is 11.6 Å². The van der Waals surface area contributed by atoms with E-state index in [9.17, 15) is 25.5 Å². The number of ether oxygens (including phenoxy) is 1. The molecule has 0 bridgehead atoms. The third-order valence-corrected chi connectivity index (χ3v) is 5.24. The van der Waals surface area contributed by atoms with Gasteiger partial charge in [-0.3, -0.25) is 20.2 Å². The van der Waals surface area contributed by atoms with Crippen molar-refractivity contribution in [2.75, 3.05) is 0 Å². The lowest BCUT2D eigenvalue weighted by Crippen LogP contribution is -1.98. The van der Waals surface area contributed by atoms with Gasteiger partial charge in [0.1, 0.15) is 6.61 Å². The fourth-order valence-corrected chi connectivity index (χ4v) is 3.77. The van der Waals surface area contributed by atoms with Gasteiger partial charge < -0.3 is 4.74 Å². The van der Waals surface area contributed by atoms with Crippen LogP contribution in [0, 0.1) is 31.6 Å². The molecule has 0 saturated heterocycles. The van der Waals surface area contributed by atoms with E-state index in [0.717, 1.165) is 5.56 Å². The summed E-state index contributed by atoms with van der Waals surface area (Å²) >= 11 is 9.77. The van der Waals surface area contributed by atoms with Crippen LogP contribution < -0.4 is 4.74 Å². The van der Waals surface area contributed by atoms with Gasteiger partial charge in [-0.2, -0.15) is 5.26 Å². The first-order chi connectivity index (χ1) is 15.3. The zero-order chi connectivity index (χ0) is 23.3. The Morgan fingerprint density at radius 3 is 2.09 bits per heavy atom. The van der Waals surface area contributed by atoms with E-state index < -0.39 is 9.85 Å². The van der Waals surface area contributed by atoms with E-state index in [1.165, 1.54) is 36.4 Å². The molecule has 0 radical (unpaired) electrons. The number of hydrogen-bond acceptors (Lipinski definition) is 6. The molecule has 0 aliphatic rings. The summed E-state index contributed by atoms with van der Waals surface area (Å²) in [7, 11) is 0. The Morgan fingerprint density at radius 2 is 1.59 bits per heavy atom. The summed E-state index contributed by atoms with van der Waals surface area (Å²) in [5.41, 5.74) is 2.12. The highest BCUT2D eigenvalue weighted by atomic mass is 79.9. The number of nitriles is 1. The number of nitro benzene ring substituents is 2. The van der Waals surface area contributed by atoms with Gasteiger partial charge in [0.15, 0.2) is 5.75 Å². The molecule has 3 aromatic carbocycles. The first-order valence-corrected chi connectivity index (χ1v) is 10.2. The normalized spacial score (nSPS) is 11.0. The molecule has 3 aromatic rings. The van der Waals surface area contributed by atoms with Gasteiger partial charge in [0, 0.05) is 24.3 Å². The largest absolute Gasteiger partial charge is 0.486 e. The van der Waals surface area contributed by atoms with Crippen molar-refractivity contribution in [3.8, 4) is 11.8 Å². The predicted molar refractivity (Wildman–Crippen MR) is 123 cm³/mol.